The Labute approximate surface area is 103 Å². The minimum Gasteiger partial charge on any atom is -0.504 e. The van der Waals surface area contributed by atoms with E-state index < -0.39 is 0 Å². The van der Waals surface area contributed by atoms with Crippen LogP contribution in [0, 0.1) is 0 Å². The van der Waals surface area contributed by atoms with Crippen LogP contribution in [0.25, 0.3) is 11.5 Å². The third-order valence-electron chi connectivity index (χ3n) is 2.20. The predicted molar refractivity (Wildman–Crippen MR) is 62.4 cm³/mol. The summed E-state index contributed by atoms with van der Waals surface area (Å²) in [6.45, 7) is 0. The summed E-state index contributed by atoms with van der Waals surface area (Å²) in [4.78, 5) is 0. The molecule has 0 unspecified atom stereocenters. The molecule has 1 heterocycles. The molecule has 0 fully saturated rings. The number of phenolic OH excluding ortho intramolecular Hbond substituents is 1. The first-order valence-corrected chi connectivity index (χ1v) is 5.53. The molecule has 90 valence electrons. The maximum absolute atomic E-state index is 9.63. The molecule has 1 N–H and O–H groups in total. The van der Waals surface area contributed by atoms with Crippen LogP contribution in [0.5, 0.6) is 11.5 Å². The standard InChI is InChI=1S/C11H11ClN2O3/c1-16-9-3-2-7(6-8(9)15)11-14-13-10(17-11)4-5-12/h2-3,6,15H,4-5H2,1H3. The van der Waals surface area contributed by atoms with E-state index in [1.54, 1.807) is 12.1 Å². The third-order valence-corrected chi connectivity index (χ3v) is 2.39. The highest BCUT2D eigenvalue weighted by molar-refractivity contribution is 6.17. The molecule has 0 saturated carbocycles. The molecule has 0 aliphatic heterocycles. The molecular formula is C11H11ClN2O3. The second-order valence-corrected chi connectivity index (χ2v) is 3.70. The van der Waals surface area contributed by atoms with E-state index in [4.69, 9.17) is 20.8 Å². The van der Waals surface area contributed by atoms with Gasteiger partial charge in [-0.1, -0.05) is 0 Å². The Morgan fingerprint density at radius 3 is 2.88 bits per heavy atom. The molecule has 1 aromatic carbocycles. The van der Waals surface area contributed by atoms with Crippen molar-refractivity contribution in [1.29, 1.82) is 0 Å². The number of aromatic hydroxyl groups is 1. The molecule has 0 amide bonds. The maximum Gasteiger partial charge on any atom is 0.247 e. The van der Waals surface area contributed by atoms with Crippen molar-refractivity contribution in [1.82, 2.24) is 10.2 Å². The van der Waals surface area contributed by atoms with Crippen LogP contribution in [0.2, 0.25) is 0 Å². The van der Waals surface area contributed by atoms with Gasteiger partial charge in [0.05, 0.1) is 7.11 Å². The highest BCUT2D eigenvalue weighted by Crippen LogP contribution is 2.30. The number of hydrogen-bond donors (Lipinski definition) is 1. The van der Waals surface area contributed by atoms with Crippen LogP contribution in [-0.2, 0) is 6.42 Å². The van der Waals surface area contributed by atoms with Crippen LogP contribution in [0.1, 0.15) is 5.89 Å². The number of methoxy groups -OCH3 is 1. The van der Waals surface area contributed by atoms with Gasteiger partial charge >= 0.3 is 0 Å². The van der Waals surface area contributed by atoms with Crippen molar-refractivity contribution in [2.75, 3.05) is 13.0 Å². The number of nitrogens with zero attached hydrogens (tertiary/aromatic N) is 2. The quantitative estimate of drug-likeness (QED) is 0.848. The number of phenols is 1. The molecule has 0 atom stereocenters. The Morgan fingerprint density at radius 2 is 2.24 bits per heavy atom. The van der Waals surface area contributed by atoms with E-state index in [9.17, 15) is 5.11 Å². The number of halogens is 1. The van der Waals surface area contributed by atoms with Crippen molar-refractivity contribution in [3.63, 3.8) is 0 Å². The van der Waals surface area contributed by atoms with Crippen molar-refractivity contribution in [3.05, 3.63) is 24.1 Å². The van der Waals surface area contributed by atoms with Crippen molar-refractivity contribution in [2.45, 2.75) is 6.42 Å². The molecule has 0 spiro atoms. The molecular weight excluding hydrogens is 244 g/mol. The fourth-order valence-electron chi connectivity index (χ4n) is 1.38. The molecule has 2 aromatic rings. The van der Waals surface area contributed by atoms with Gasteiger partial charge in [0.15, 0.2) is 11.5 Å². The van der Waals surface area contributed by atoms with Gasteiger partial charge in [0.25, 0.3) is 0 Å². The molecule has 1 aromatic heterocycles. The average Bonchev–Trinajstić information content (AvgIpc) is 2.78. The Bertz CT molecular complexity index is 513. The molecule has 2 rings (SSSR count). The van der Waals surface area contributed by atoms with Crippen LogP contribution >= 0.6 is 11.6 Å². The van der Waals surface area contributed by atoms with E-state index in [1.165, 1.54) is 13.2 Å². The number of benzene rings is 1. The number of aryl methyl sites for hydroxylation is 1. The van der Waals surface area contributed by atoms with Crippen molar-refractivity contribution in [2.24, 2.45) is 0 Å². The second kappa shape index (κ2) is 5.05. The molecule has 6 heteroatoms. The maximum atomic E-state index is 9.63. The van der Waals surface area contributed by atoms with Gasteiger partial charge in [-0.15, -0.1) is 21.8 Å². The summed E-state index contributed by atoms with van der Waals surface area (Å²) in [6, 6.07) is 4.88. The fraction of sp³-hybridized carbons (Fsp3) is 0.273. The van der Waals surface area contributed by atoms with Crippen LogP contribution in [-0.4, -0.2) is 28.3 Å². The highest BCUT2D eigenvalue weighted by atomic mass is 35.5. The van der Waals surface area contributed by atoms with Crippen molar-refractivity contribution < 1.29 is 14.3 Å². The normalized spacial score (nSPS) is 10.5. The lowest BCUT2D eigenvalue weighted by molar-refractivity contribution is 0.373. The summed E-state index contributed by atoms with van der Waals surface area (Å²) in [6.07, 6.45) is 0.524. The summed E-state index contributed by atoms with van der Waals surface area (Å²) < 4.78 is 10.3. The SMILES string of the molecule is COc1ccc(-c2nnc(CCCl)o2)cc1O. The van der Waals surface area contributed by atoms with Gasteiger partial charge in [0.2, 0.25) is 11.8 Å². The van der Waals surface area contributed by atoms with E-state index in [2.05, 4.69) is 10.2 Å². The topological polar surface area (TPSA) is 68.4 Å². The summed E-state index contributed by atoms with van der Waals surface area (Å²) >= 11 is 5.57. The van der Waals surface area contributed by atoms with Gasteiger partial charge in [-0.2, -0.15) is 0 Å². The summed E-state index contributed by atoms with van der Waals surface area (Å²) in [5, 5.41) is 17.3. The smallest absolute Gasteiger partial charge is 0.247 e. The fourth-order valence-corrected chi connectivity index (χ4v) is 1.54. The Kier molecular flexibility index (Phi) is 3.49. The zero-order valence-corrected chi connectivity index (χ0v) is 9.94. The summed E-state index contributed by atoms with van der Waals surface area (Å²) in [5.41, 5.74) is 0.636. The van der Waals surface area contributed by atoms with Gasteiger partial charge in [0.1, 0.15) is 0 Å². The van der Waals surface area contributed by atoms with E-state index in [-0.39, 0.29) is 5.75 Å². The van der Waals surface area contributed by atoms with Gasteiger partial charge in [-0.05, 0) is 18.2 Å². The van der Waals surface area contributed by atoms with E-state index in [0.717, 1.165) is 0 Å². The average molecular weight is 255 g/mol. The zero-order chi connectivity index (χ0) is 12.3. The molecule has 0 aliphatic carbocycles. The molecule has 0 bridgehead atoms. The van der Waals surface area contributed by atoms with Crippen molar-refractivity contribution >= 4 is 11.6 Å². The first-order chi connectivity index (χ1) is 8.24. The number of rotatable bonds is 4. The number of aromatic nitrogens is 2. The predicted octanol–water partition coefficient (Wildman–Crippen LogP) is 2.23. The van der Waals surface area contributed by atoms with Crippen LogP contribution in [0.3, 0.4) is 0 Å². The largest absolute Gasteiger partial charge is 0.504 e. The Balaban J connectivity index is 2.29. The molecule has 0 saturated heterocycles. The first kappa shape index (κ1) is 11.7. The van der Waals surface area contributed by atoms with Crippen LogP contribution < -0.4 is 4.74 Å². The first-order valence-electron chi connectivity index (χ1n) is 5.00. The number of hydrogen-bond acceptors (Lipinski definition) is 5. The van der Waals surface area contributed by atoms with Gasteiger partial charge in [-0.25, -0.2) is 0 Å². The van der Waals surface area contributed by atoms with Gasteiger partial charge < -0.3 is 14.3 Å². The monoisotopic (exact) mass is 254 g/mol. The lowest BCUT2D eigenvalue weighted by atomic mass is 10.2. The van der Waals surface area contributed by atoms with Crippen LogP contribution in [0.15, 0.2) is 22.6 Å². The molecule has 5 nitrogen and oxygen atoms in total. The van der Waals surface area contributed by atoms with Gasteiger partial charge in [-0.3, -0.25) is 0 Å². The molecule has 17 heavy (non-hydrogen) atoms. The minimum absolute atomic E-state index is 0.0297. The van der Waals surface area contributed by atoms with E-state index in [1.807, 2.05) is 0 Å². The summed E-state index contributed by atoms with van der Waals surface area (Å²) in [7, 11) is 1.49. The summed E-state index contributed by atoms with van der Waals surface area (Å²) in [5.74, 6) is 1.68. The van der Waals surface area contributed by atoms with Gasteiger partial charge in [0, 0.05) is 17.9 Å². The van der Waals surface area contributed by atoms with Crippen molar-refractivity contribution in [3.8, 4) is 23.0 Å². The van der Waals surface area contributed by atoms with E-state index in [0.29, 0.717) is 35.4 Å². The number of alkyl halides is 1. The number of ether oxygens (including phenoxy) is 1. The Morgan fingerprint density at radius 1 is 1.41 bits per heavy atom. The second-order valence-electron chi connectivity index (χ2n) is 3.33. The third kappa shape index (κ3) is 2.50. The zero-order valence-electron chi connectivity index (χ0n) is 9.18. The highest BCUT2D eigenvalue weighted by Gasteiger charge is 2.10. The van der Waals surface area contributed by atoms with Crippen LogP contribution in [0.4, 0.5) is 0 Å². The molecule has 0 radical (unpaired) electrons. The molecule has 0 aliphatic rings. The lowest BCUT2D eigenvalue weighted by Crippen LogP contribution is -1.84. The lowest BCUT2D eigenvalue weighted by Gasteiger charge is -2.03. The van der Waals surface area contributed by atoms with E-state index >= 15 is 0 Å². The Hall–Kier alpha value is -1.75. The minimum atomic E-state index is 0.0297.